The Labute approximate surface area is 146 Å². The van der Waals surface area contributed by atoms with Crippen LogP contribution < -0.4 is 9.80 Å². The molecule has 7 heteroatoms. The van der Waals surface area contributed by atoms with Gasteiger partial charge in [0.05, 0.1) is 5.69 Å². The van der Waals surface area contributed by atoms with E-state index in [0.29, 0.717) is 0 Å². The minimum Gasteiger partial charge on any atom is -0.353 e. The van der Waals surface area contributed by atoms with Gasteiger partial charge in [0.2, 0.25) is 0 Å². The number of nitrogens with zero attached hydrogens (tertiary/aromatic N) is 7. The summed E-state index contributed by atoms with van der Waals surface area (Å²) >= 11 is 0. The standard InChI is InChI=1S/C18H19N7/c1-14-11-18(21-13-20-14)25-9-7-24(8-10-25)17-5-4-16(22-23-17)15-3-2-6-19-12-15/h2-6,11-13H,7-10H2,1H3. The first kappa shape index (κ1) is 15.4. The SMILES string of the molecule is Cc1cc(N2CCN(c3ccc(-c4cccnc4)nn3)CC2)ncn1. The molecular weight excluding hydrogens is 314 g/mol. The second kappa shape index (κ2) is 6.80. The van der Waals surface area contributed by atoms with Crippen molar-refractivity contribution in [2.24, 2.45) is 0 Å². The maximum atomic E-state index is 4.39. The Balaban J connectivity index is 1.42. The topological polar surface area (TPSA) is 70.9 Å². The molecule has 7 nitrogen and oxygen atoms in total. The van der Waals surface area contributed by atoms with Crippen molar-refractivity contribution in [3.8, 4) is 11.3 Å². The lowest BCUT2D eigenvalue weighted by molar-refractivity contribution is 0.637. The molecule has 0 unspecified atom stereocenters. The monoisotopic (exact) mass is 333 g/mol. The smallest absolute Gasteiger partial charge is 0.151 e. The number of anilines is 2. The zero-order valence-electron chi connectivity index (χ0n) is 14.1. The predicted octanol–water partition coefficient (Wildman–Crippen LogP) is 1.96. The van der Waals surface area contributed by atoms with E-state index in [9.17, 15) is 0 Å². The van der Waals surface area contributed by atoms with Gasteiger partial charge >= 0.3 is 0 Å². The molecule has 3 aromatic rings. The molecule has 1 aliphatic heterocycles. The van der Waals surface area contributed by atoms with E-state index in [4.69, 9.17) is 0 Å². The van der Waals surface area contributed by atoms with Crippen LogP contribution in [0.4, 0.5) is 11.6 Å². The van der Waals surface area contributed by atoms with Crippen LogP contribution in [0.15, 0.2) is 49.1 Å². The van der Waals surface area contributed by atoms with Crippen LogP contribution in [0.3, 0.4) is 0 Å². The number of hydrogen-bond acceptors (Lipinski definition) is 7. The summed E-state index contributed by atoms with van der Waals surface area (Å²) in [4.78, 5) is 17.2. The van der Waals surface area contributed by atoms with Gasteiger partial charge in [0, 0.05) is 55.9 Å². The normalized spacial score (nSPS) is 14.6. The van der Waals surface area contributed by atoms with Gasteiger partial charge in [-0.1, -0.05) is 0 Å². The molecule has 4 heterocycles. The molecule has 0 atom stereocenters. The van der Waals surface area contributed by atoms with Crippen molar-refractivity contribution in [1.82, 2.24) is 25.1 Å². The molecule has 4 rings (SSSR count). The van der Waals surface area contributed by atoms with E-state index < -0.39 is 0 Å². The van der Waals surface area contributed by atoms with E-state index in [1.165, 1.54) is 0 Å². The van der Waals surface area contributed by atoms with Gasteiger partial charge in [0.25, 0.3) is 0 Å². The lowest BCUT2D eigenvalue weighted by Crippen LogP contribution is -2.47. The molecule has 0 spiro atoms. The highest BCUT2D eigenvalue weighted by Crippen LogP contribution is 2.20. The molecule has 0 amide bonds. The van der Waals surface area contributed by atoms with Gasteiger partial charge in [0.15, 0.2) is 5.82 Å². The third kappa shape index (κ3) is 3.40. The van der Waals surface area contributed by atoms with Crippen molar-refractivity contribution in [2.45, 2.75) is 6.92 Å². The van der Waals surface area contributed by atoms with E-state index in [2.05, 4.69) is 34.9 Å². The molecule has 1 aliphatic rings. The first-order valence-electron chi connectivity index (χ1n) is 8.32. The van der Waals surface area contributed by atoms with Crippen LogP contribution in [0, 0.1) is 6.92 Å². The highest BCUT2D eigenvalue weighted by atomic mass is 15.3. The average molecular weight is 333 g/mol. The van der Waals surface area contributed by atoms with Gasteiger partial charge in [-0.25, -0.2) is 9.97 Å². The number of rotatable bonds is 3. The largest absolute Gasteiger partial charge is 0.353 e. The van der Waals surface area contributed by atoms with Gasteiger partial charge in [0.1, 0.15) is 12.1 Å². The van der Waals surface area contributed by atoms with Gasteiger partial charge in [-0.3, -0.25) is 4.98 Å². The molecule has 126 valence electrons. The Hall–Kier alpha value is -3.09. The molecule has 1 fully saturated rings. The molecule has 0 bridgehead atoms. The number of aryl methyl sites for hydroxylation is 1. The molecule has 1 saturated heterocycles. The number of hydrogen-bond donors (Lipinski definition) is 0. The molecule has 0 aromatic carbocycles. The van der Waals surface area contributed by atoms with Crippen molar-refractivity contribution < 1.29 is 0 Å². The Morgan fingerprint density at radius 1 is 0.880 bits per heavy atom. The maximum absolute atomic E-state index is 4.39. The lowest BCUT2D eigenvalue weighted by Gasteiger charge is -2.35. The lowest BCUT2D eigenvalue weighted by atomic mass is 10.2. The first-order chi connectivity index (χ1) is 12.3. The van der Waals surface area contributed by atoms with E-state index in [1.54, 1.807) is 18.7 Å². The summed E-state index contributed by atoms with van der Waals surface area (Å²) in [5, 5.41) is 8.74. The Bertz CT molecular complexity index is 828. The third-order valence-electron chi connectivity index (χ3n) is 4.32. The fourth-order valence-electron chi connectivity index (χ4n) is 2.94. The van der Waals surface area contributed by atoms with E-state index >= 15 is 0 Å². The summed E-state index contributed by atoms with van der Waals surface area (Å²) in [5.74, 6) is 1.90. The van der Waals surface area contributed by atoms with Crippen LogP contribution in [0.5, 0.6) is 0 Å². The Kier molecular flexibility index (Phi) is 4.20. The Morgan fingerprint density at radius 2 is 1.68 bits per heavy atom. The third-order valence-corrected chi connectivity index (χ3v) is 4.32. The van der Waals surface area contributed by atoms with E-state index in [-0.39, 0.29) is 0 Å². The second-order valence-corrected chi connectivity index (χ2v) is 6.01. The fraction of sp³-hybridized carbons (Fsp3) is 0.278. The molecule has 0 N–H and O–H groups in total. The molecule has 0 saturated carbocycles. The summed E-state index contributed by atoms with van der Waals surface area (Å²) in [6, 6.07) is 9.94. The first-order valence-corrected chi connectivity index (χ1v) is 8.32. The molecular formula is C18H19N7. The van der Waals surface area contributed by atoms with Gasteiger partial charge in [-0.2, -0.15) is 0 Å². The molecule has 3 aromatic heterocycles. The van der Waals surface area contributed by atoms with Crippen molar-refractivity contribution in [3.63, 3.8) is 0 Å². The number of aromatic nitrogens is 5. The van der Waals surface area contributed by atoms with Gasteiger partial charge in [-0.15, -0.1) is 10.2 Å². The minimum atomic E-state index is 0.840. The van der Waals surface area contributed by atoms with Crippen molar-refractivity contribution in [2.75, 3.05) is 36.0 Å². The van der Waals surface area contributed by atoms with Crippen LogP contribution in [0.1, 0.15) is 5.69 Å². The predicted molar refractivity (Wildman–Crippen MR) is 96.5 cm³/mol. The summed E-state index contributed by atoms with van der Waals surface area (Å²) < 4.78 is 0. The summed E-state index contributed by atoms with van der Waals surface area (Å²) in [6.45, 7) is 5.58. The number of pyridine rings is 1. The van der Waals surface area contributed by atoms with Crippen LogP contribution >= 0.6 is 0 Å². The highest BCUT2D eigenvalue weighted by Gasteiger charge is 2.19. The summed E-state index contributed by atoms with van der Waals surface area (Å²) in [5.41, 5.74) is 2.81. The molecule has 25 heavy (non-hydrogen) atoms. The van der Waals surface area contributed by atoms with Crippen molar-refractivity contribution >= 4 is 11.6 Å². The minimum absolute atomic E-state index is 0.840. The quantitative estimate of drug-likeness (QED) is 0.725. The van der Waals surface area contributed by atoms with Crippen LogP contribution in [-0.4, -0.2) is 51.3 Å². The average Bonchev–Trinajstić information content (AvgIpc) is 2.69. The van der Waals surface area contributed by atoms with E-state index in [1.807, 2.05) is 37.3 Å². The highest BCUT2D eigenvalue weighted by molar-refractivity contribution is 5.58. The molecule has 0 radical (unpaired) electrons. The van der Waals surface area contributed by atoms with E-state index in [0.717, 1.165) is 54.8 Å². The van der Waals surface area contributed by atoms with Crippen LogP contribution in [-0.2, 0) is 0 Å². The summed E-state index contributed by atoms with van der Waals surface area (Å²) in [6.07, 6.45) is 5.18. The molecule has 0 aliphatic carbocycles. The fourth-order valence-corrected chi connectivity index (χ4v) is 2.94. The zero-order valence-corrected chi connectivity index (χ0v) is 14.1. The van der Waals surface area contributed by atoms with Gasteiger partial charge < -0.3 is 9.80 Å². The maximum Gasteiger partial charge on any atom is 0.151 e. The Morgan fingerprint density at radius 3 is 2.32 bits per heavy atom. The van der Waals surface area contributed by atoms with Crippen molar-refractivity contribution in [1.29, 1.82) is 0 Å². The van der Waals surface area contributed by atoms with Crippen LogP contribution in [0.2, 0.25) is 0 Å². The van der Waals surface area contributed by atoms with Crippen molar-refractivity contribution in [3.05, 3.63) is 54.7 Å². The van der Waals surface area contributed by atoms with Crippen LogP contribution in [0.25, 0.3) is 11.3 Å². The zero-order chi connectivity index (χ0) is 17.1. The second-order valence-electron chi connectivity index (χ2n) is 6.01. The van der Waals surface area contributed by atoms with Gasteiger partial charge in [-0.05, 0) is 31.2 Å². The number of piperazine rings is 1. The summed E-state index contributed by atoms with van der Waals surface area (Å²) in [7, 11) is 0.